The molecule has 3 aliphatic rings. The van der Waals surface area contributed by atoms with Crippen molar-refractivity contribution < 1.29 is 18.8 Å². The zero-order valence-corrected chi connectivity index (χ0v) is 20.6. The van der Waals surface area contributed by atoms with Gasteiger partial charge in [-0.1, -0.05) is 12.1 Å². The molecule has 1 N–H and O–H groups in total. The molecular weight excluding hydrogens is 475 g/mol. The first-order valence-corrected chi connectivity index (χ1v) is 12.1. The number of nitrogens with zero attached hydrogens (tertiary/aromatic N) is 5. The van der Waals surface area contributed by atoms with E-state index >= 15 is 0 Å². The molecule has 0 spiro atoms. The number of amides is 2. The van der Waals surface area contributed by atoms with Gasteiger partial charge in [0.2, 0.25) is 11.8 Å². The van der Waals surface area contributed by atoms with Gasteiger partial charge in [0, 0.05) is 74.2 Å². The lowest BCUT2D eigenvalue weighted by Crippen LogP contribution is -2.49. The Labute approximate surface area is 214 Å². The largest absolute Gasteiger partial charge is 0.368 e. The first-order valence-electron chi connectivity index (χ1n) is 12.1. The maximum absolute atomic E-state index is 13.8. The van der Waals surface area contributed by atoms with E-state index in [0.29, 0.717) is 44.6 Å². The summed E-state index contributed by atoms with van der Waals surface area (Å²) in [5.74, 6) is -0.439. The molecule has 1 unspecified atom stereocenters. The van der Waals surface area contributed by atoms with Gasteiger partial charge in [0.15, 0.2) is 5.78 Å². The molecule has 0 radical (unpaired) electrons. The van der Waals surface area contributed by atoms with E-state index in [1.54, 1.807) is 31.6 Å². The molecule has 2 amide bonds. The molecule has 2 aromatic rings. The van der Waals surface area contributed by atoms with E-state index in [9.17, 15) is 18.8 Å². The topological polar surface area (TPSA) is 107 Å². The minimum Gasteiger partial charge on any atom is -0.368 e. The van der Waals surface area contributed by atoms with Gasteiger partial charge in [-0.15, -0.1) is 0 Å². The molecule has 5 rings (SSSR count). The van der Waals surface area contributed by atoms with E-state index in [1.807, 2.05) is 23.1 Å². The van der Waals surface area contributed by atoms with Crippen LogP contribution in [0.4, 0.5) is 10.1 Å². The number of carbonyl (C=O) groups excluding carboxylic acids is 3. The summed E-state index contributed by atoms with van der Waals surface area (Å²) in [7, 11) is 0. The lowest BCUT2D eigenvalue weighted by atomic mass is 9.88. The smallest absolute Gasteiger partial charge is 0.231 e. The monoisotopic (exact) mass is 504 g/mol. The van der Waals surface area contributed by atoms with Gasteiger partial charge in [0.1, 0.15) is 17.7 Å². The van der Waals surface area contributed by atoms with Crippen molar-refractivity contribution in [3.8, 4) is 0 Å². The lowest BCUT2D eigenvalue weighted by molar-refractivity contribution is -0.132. The fourth-order valence-electron chi connectivity index (χ4n) is 4.45. The number of halogens is 1. The third-order valence-electron chi connectivity index (χ3n) is 6.58. The van der Waals surface area contributed by atoms with Gasteiger partial charge in [-0.2, -0.15) is 0 Å². The maximum Gasteiger partial charge on any atom is 0.231 e. The summed E-state index contributed by atoms with van der Waals surface area (Å²) in [5.41, 5.74) is 1.90. The van der Waals surface area contributed by atoms with Crippen molar-refractivity contribution in [3.63, 3.8) is 0 Å². The van der Waals surface area contributed by atoms with Gasteiger partial charge in [0.05, 0.1) is 6.42 Å². The molecule has 0 aliphatic carbocycles. The average Bonchev–Trinajstić information content (AvgIpc) is 3.40. The van der Waals surface area contributed by atoms with Crippen LogP contribution in [0, 0.1) is 12.7 Å². The number of anilines is 1. The third kappa shape index (κ3) is 6.32. The molecule has 1 fully saturated rings. The maximum atomic E-state index is 13.8. The number of aromatic nitrogens is 1. The van der Waals surface area contributed by atoms with Gasteiger partial charge in [-0.05, 0) is 37.6 Å². The molecule has 1 atom stereocenters. The highest BCUT2D eigenvalue weighted by Crippen LogP contribution is 2.31. The molecule has 0 bridgehead atoms. The molecular formula is C27H29FN6O3. The molecule has 9 nitrogen and oxygen atoms in total. The van der Waals surface area contributed by atoms with Crippen LogP contribution in [0.3, 0.4) is 0 Å². The summed E-state index contributed by atoms with van der Waals surface area (Å²) in [5, 5.41) is 2.37. The van der Waals surface area contributed by atoms with Crippen molar-refractivity contribution in [2.24, 2.45) is 9.98 Å². The Morgan fingerprint density at radius 2 is 1.95 bits per heavy atom. The molecule has 1 aromatic heterocycles. The molecule has 4 heterocycles. The second kappa shape index (κ2) is 11.7. The fraction of sp³-hybridized carbons (Fsp3) is 0.333. The third-order valence-corrected chi connectivity index (χ3v) is 6.58. The number of piperazine rings is 1. The van der Waals surface area contributed by atoms with Crippen molar-refractivity contribution in [1.82, 2.24) is 15.2 Å². The van der Waals surface area contributed by atoms with Crippen LogP contribution in [0.5, 0.6) is 0 Å². The summed E-state index contributed by atoms with van der Waals surface area (Å²) in [6, 6.07) is 8.98. The van der Waals surface area contributed by atoms with E-state index in [1.165, 1.54) is 24.7 Å². The summed E-state index contributed by atoms with van der Waals surface area (Å²) in [6.45, 7) is 4.45. The van der Waals surface area contributed by atoms with Crippen LogP contribution < -0.4 is 10.2 Å². The SMILES string of the molecule is Cc1c(F)cccc1N1CCN(C(=O)CCC2(c3cccnc3)C=NC=N2)CC1.O=C1C=CNC(=O)C1. The number of nitrogens with one attached hydrogen (secondary N) is 1. The number of carbonyl (C=O) groups is 3. The van der Waals surface area contributed by atoms with Crippen molar-refractivity contribution >= 4 is 35.8 Å². The van der Waals surface area contributed by atoms with Gasteiger partial charge >= 0.3 is 0 Å². The number of benzene rings is 1. The predicted molar refractivity (Wildman–Crippen MR) is 139 cm³/mol. The second-order valence-corrected chi connectivity index (χ2v) is 8.98. The number of pyridine rings is 1. The Bertz CT molecular complexity index is 1220. The van der Waals surface area contributed by atoms with E-state index in [-0.39, 0.29) is 29.8 Å². The van der Waals surface area contributed by atoms with Crippen LogP contribution >= 0.6 is 0 Å². The highest BCUT2D eigenvalue weighted by Gasteiger charge is 2.33. The van der Waals surface area contributed by atoms with Crippen LogP contribution in [-0.2, 0) is 19.9 Å². The van der Waals surface area contributed by atoms with E-state index in [2.05, 4.69) is 25.2 Å². The molecule has 3 aliphatic heterocycles. The minimum absolute atomic E-state index is 0.00347. The molecule has 192 valence electrons. The van der Waals surface area contributed by atoms with Gasteiger partial charge in [-0.25, -0.2) is 9.38 Å². The summed E-state index contributed by atoms with van der Waals surface area (Å²) in [6.07, 6.45) is 10.5. The molecule has 1 aromatic carbocycles. The molecule has 10 heteroatoms. The van der Waals surface area contributed by atoms with E-state index in [4.69, 9.17) is 0 Å². The normalized spacial score (nSPS) is 20.5. The number of aliphatic imine (C=N–C) groups is 2. The standard InChI is InChI=1S/C22H24FN5O.C5H5NO2/c1-17-19(23)5-2-6-20(17)27-10-12-28(13-11-27)21(29)7-8-22(15-25-16-26-22)18-4-3-9-24-14-18;7-4-1-2-6-5(8)3-4/h2-6,9,14-16H,7-8,10-13H2,1H3;1-2H,3H2,(H,6,8). The summed E-state index contributed by atoms with van der Waals surface area (Å²) in [4.78, 5) is 50.3. The van der Waals surface area contributed by atoms with Gasteiger partial charge in [0.25, 0.3) is 0 Å². The molecule has 1 saturated heterocycles. The van der Waals surface area contributed by atoms with Crippen molar-refractivity contribution in [2.75, 3.05) is 31.1 Å². The zero-order chi connectivity index (χ0) is 26.3. The summed E-state index contributed by atoms with van der Waals surface area (Å²) >= 11 is 0. The average molecular weight is 505 g/mol. The number of hydrogen-bond donors (Lipinski definition) is 1. The first-order chi connectivity index (χ1) is 17.9. The second-order valence-electron chi connectivity index (χ2n) is 8.98. The fourth-order valence-corrected chi connectivity index (χ4v) is 4.45. The van der Waals surface area contributed by atoms with Crippen molar-refractivity contribution in [3.05, 3.63) is 71.9 Å². The number of rotatable bonds is 5. The highest BCUT2D eigenvalue weighted by molar-refractivity contribution is 6.06. The first kappa shape index (κ1) is 25.9. The Morgan fingerprint density at radius 3 is 2.57 bits per heavy atom. The minimum atomic E-state index is -0.607. The van der Waals surface area contributed by atoms with E-state index < -0.39 is 5.54 Å². The van der Waals surface area contributed by atoms with Crippen LogP contribution in [0.25, 0.3) is 0 Å². The van der Waals surface area contributed by atoms with Crippen LogP contribution in [0.1, 0.15) is 30.4 Å². The zero-order valence-electron chi connectivity index (χ0n) is 20.6. The Hall–Kier alpha value is -4.21. The number of allylic oxidation sites excluding steroid dienone is 1. The van der Waals surface area contributed by atoms with Crippen LogP contribution in [0.15, 0.2) is 65.0 Å². The van der Waals surface area contributed by atoms with Crippen molar-refractivity contribution in [1.29, 1.82) is 0 Å². The Balaban J connectivity index is 0.000000342. The quantitative estimate of drug-likeness (QED) is 0.630. The lowest BCUT2D eigenvalue weighted by Gasteiger charge is -2.37. The molecule has 0 saturated carbocycles. The summed E-state index contributed by atoms with van der Waals surface area (Å²) < 4.78 is 13.8. The van der Waals surface area contributed by atoms with E-state index in [0.717, 1.165) is 11.3 Å². The van der Waals surface area contributed by atoms with Gasteiger partial charge < -0.3 is 15.1 Å². The predicted octanol–water partition coefficient (Wildman–Crippen LogP) is 2.56. The highest BCUT2D eigenvalue weighted by atomic mass is 19.1. The number of ketones is 1. The van der Waals surface area contributed by atoms with Crippen LogP contribution in [0.2, 0.25) is 0 Å². The van der Waals surface area contributed by atoms with Gasteiger partial charge in [-0.3, -0.25) is 24.4 Å². The molecule has 37 heavy (non-hydrogen) atoms. The Kier molecular flexibility index (Phi) is 8.17. The van der Waals surface area contributed by atoms with Crippen molar-refractivity contribution in [2.45, 2.75) is 31.7 Å². The Morgan fingerprint density at radius 1 is 1.14 bits per heavy atom. The number of hydrogen-bond acceptors (Lipinski definition) is 7. The van der Waals surface area contributed by atoms with Crippen LogP contribution in [-0.4, -0.2) is 66.2 Å².